The van der Waals surface area contributed by atoms with Crippen LogP contribution in [0.3, 0.4) is 0 Å². The molecule has 3 aromatic carbocycles. The second-order valence-electron chi connectivity index (χ2n) is 9.42. The van der Waals surface area contributed by atoms with Gasteiger partial charge in [-0.3, -0.25) is 9.59 Å². The predicted octanol–water partition coefficient (Wildman–Crippen LogP) is 5.13. The third-order valence-electron chi connectivity index (χ3n) is 6.89. The first-order valence-electron chi connectivity index (χ1n) is 12.4. The average molecular weight is 523 g/mol. The van der Waals surface area contributed by atoms with Gasteiger partial charge in [-0.15, -0.1) is 0 Å². The first kappa shape index (κ1) is 26.5. The number of anilines is 1. The number of hydrogen-bond acceptors (Lipinski definition) is 4. The summed E-state index contributed by atoms with van der Waals surface area (Å²) in [5, 5.41) is 2.88. The van der Waals surface area contributed by atoms with Crippen molar-refractivity contribution in [2.45, 2.75) is 43.9 Å². The highest BCUT2D eigenvalue weighted by molar-refractivity contribution is 7.91. The lowest BCUT2D eigenvalue weighted by Crippen LogP contribution is -2.38. The van der Waals surface area contributed by atoms with E-state index in [1.165, 1.54) is 18.2 Å². The number of hydrogen-bond donors (Lipinski definition) is 1. The van der Waals surface area contributed by atoms with Crippen molar-refractivity contribution >= 4 is 27.3 Å². The lowest BCUT2D eigenvalue weighted by atomic mass is 9.89. The highest BCUT2D eigenvalue weighted by Gasteiger charge is 2.25. The normalized spacial score (nSPS) is 14.4. The number of nitrogens with zero attached hydrogens (tertiary/aromatic N) is 1. The molecule has 1 aliphatic heterocycles. The van der Waals surface area contributed by atoms with Gasteiger partial charge in [-0.1, -0.05) is 37.3 Å². The molecule has 0 atom stereocenters. The van der Waals surface area contributed by atoms with Crippen LogP contribution < -0.4 is 5.32 Å². The number of amides is 2. The number of likely N-dealkylation sites (tertiary alicyclic amines) is 1. The van der Waals surface area contributed by atoms with Crippen LogP contribution in [-0.2, 0) is 21.1 Å². The minimum atomic E-state index is -3.26. The molecule has 6 nitrogen and oxygen atoms in total. The number of carbonyl (C=O) groups excluding carboxylic acids is 2. The number of halogens is 1. The van der Waals surface area contributed by atoms with E-state index in [-0.39, 0.29) is 34.7 Å². The number of nitrogens with one attached hydrogen (secondary N) is 1. The molecule has 0 radical (unpaired) electrons. The summed E-state index contributed by atoms with van der Waals surface area (Å²) in [6, 6.07) is 18.8. The van der Waals surface area contributed by atoms with Crippen molar-refractivity contribution in [3.05, 3.63) is 94.8 Å². The lowest BCUT2D eigenvalue weighted by molar-refractivity contribution is -0.115. The molecular weight excluding hydrogens is 491 g/mol. The van der Waals surface area contributed by atoms with Crippen LogP contribution >= 0.6 is 0 Å². The van der Waals surface area contributed by atoms with E-state index in [9.17, 15) is 22.4 Å². The van der Waals surface area contributed by atoms with Gasteiger partial charge in [0.15, 0.2) is 9.84 Å². The Kier molecular flexibility index (Phi) is 8.07. The summed E-state index contributed by atoms with van der Waals surface area (Å²) in [6.45, 7) is 4.49. The Labute approximate surface area is 217 Å². The van der Waals surface area contributed by atoms with E-state index < -0.39 is 9.84 Å². The Morgan fingerprint density at radius 3 is 2.22 bits per heavy atom. The standard InChI is InChI=1S/C29H31FN2O4S/c1-3-37(35,36)26-12-5-21(6-13-26)18-28(33)31-25-10-8-22(9-11-25)23-14-16-32(17-15-23)29(34)24-7-4-20(2)27(30)19-24/h4-13,19,23H,3,14-18H2,1-2H3,(H,31,33). The SMILES string of the molecule is CCS(=O)(=O)c1ccc(CC(=O)Nc2ccc(C3CCN(C(=O)c4ccc(C)c(F)c4)CC3)cc2)cc1. The van der Waals surface area contributed by atoms with Crippen LogP contribution in [-0.4, -0.2) is 44.0 Å². The summed E-state index contributed by atoms with van der Waals surface area (Å²) in [4.78, 5) is 27.3. The number of piperidine rings is 1. The van der Waals surface area contributed by atoms with Crippen LogP contribution in [0.2, 0.25) is 0 Å². The highest BCUT2D eigenvalue weighted by Crippen LogP contribution is 2.29. The number of carbonyl (C=O) groups is 2. The summed E-state index contributed by atoms with van der Waals surface area (Å²) in [7, 11) is -3.26. The highest BCUT2D eigenvalue weighted by atomic mass is 32.2. The van der Waals surface area contributed by atoms with Crippen molar-refractivity contribution in [3.63, 3.8) is 0 Å². The molecule has 2 amide bonds. The zero-order chi connectivity index (χ0) is 26.6. The summed E-state index contributed by atoms with van der Waals surface area (Å²) < 4.78 is 37.7. The third-order valence-corrected chi connectivity index (χ3v) is 8.64. The fourth-order valence-electron chi connectivity index (χ4n) is 4.53. The molecule has 1 aliphatic rings. The van der Waals surface area contributed by atoms with Crippen LogP contribution in [0.25, 0.3) is 0 Å². The smallest absolute Gasteiger partial charge is 0.253 e. The molecule has 1 fully saturated rings. The van der Waals surface area contributed by atoms with Crippen molar-refractivity contribution in [1.82, 2.24) is 4.90 Å². The number of rotatable bonds is 7. The van der Waals surface area contributed by atoms with Gasteiger partial charge < -0.3 is 10.2 Å². The molecule has 0 aliphatic carbocycles. The average Bonchev–Trinajstić information content (AvgIpc) is 2.90. The lowest BCUT2D eigenvalue weighted by Gasteiger charge is -2.32. The number of aryl methyl sites for hydroxylation is 1. The van der Waals surface area contributed by atoms with Crippen molar-refractivity contribution in [2.24, 2.45) is 0 Å². The first-order chi connectivity index (χ1) is 17.7. The maximum atomic E-state index is 13.9. The molecular formula is C29H31FN2O4S. The quantitative estimate of drug-likeness (QED) is 0.466. The van der Waals surface area contributed by atoms with E-state index in [0.717, 1.165) is 24.0 Å². The van der Waals surface area contributed by atoms with Crippen molar-refractivity contribution in [1.29, 1.82) is 0 Å². The van der Waals surface area contributed by atoms with Crippen LogP contribution in [0.1, 0.15) is 52.7 Å². The molecule has 1 saturated heterocycles. The summed E-state index contributed by atoms with van der Waals surface area (Å²) in [5.41, 5.74) is 3.48. The number of sulfone groups is 1. The predicted molar refractivity (Wildman–Crippen MR) is 142 cm³/mol. The maximum absolute atomic E-state index is 13.9. The molecule has 194 valence electrons. The summed E-state index contributed by atoms with van der Waals surface area (Å²) in [5.74, 6) is -0.348. The Morgan fingerprint density at radius 1 is 0.973 bits per heavy atom. The molecule has 1 heterocycles. The second kappa shape index (κ2) is 11.3. The molecule has 4 rings (SSSR count). The summed E-state index contributed by atoms with van der Waals surface area (Å²) in [6.07, 6.45) is 1.77. The Morgan fingerprint density at radius 2 is 1.62 bits per heavy atom. The van der Waals surface area contributed by atoms with Gasteiger partial charge in [0.25, 0.3) is 5.91 Å². The first-order valence-corrected chi connectivity index (χ1v) is 14.1. The Balaban J connectivity index is 1.29. The van der Waals surface area contributed by atoms with E-state index in [4.69, 9.17) is 0 Å². The minimum Gasteiger partial charge on any atom is -0.339 e. The van der Waals surface area contributed by atoms with E-state index in [2.05, 4.69) is 5.32 Å². The monoisotopic (exact) mass is 522 g/mol. The van der Waals surface area contributed by atoms with Gasteiger partial charge in [-0.25, -0.2) is 12.8 Å². The molecule has 0 unspecified atom stereocenters. The fourth-order valence-corrected chi connectivity index (χ4v) is 5.42. The van der Waals surface area contributed by atoms with Gasteiger partial charge in [0.1, 0.15) is 5.82 Å². The van der Waals surface area contributed by atoms with E-state index in [1.54, 1.807) is 43.0 Å². The van der Waals surface area contributed by atoms with Crippen LogP contribution in [0.5, 0.6) is 0 Å². The van der Waals surface area contributed by atoms with Gasteiger partial charge in [0, 0.05) is 24.3 Å². The molecule has 1 N–H and O–H groups in total. The topological polar surface area (TPSA) is 83.6 Å². The largest absolute Gasteiger partial charge is 0.339 e. The van der Waals surface area contributed by atoms with Crippen molar-refractivity contribution in [2.75, 3.05) is 24.2 Å². The molecule has 0 spiro atoms. The van der Waals surface area contributed by atoms with E-state index >= 15 is 0 Å². The second-order valence-corrected chi connectivity index (χ2v) is 11.7. The molecule has 0 bridgehead atoms. The molecule has 37 heavy (non-hydrogen) atoms. The number of benzene rings is 3. The van der Waals surface area contributed by atoms with Gasteiger partial charge in [0.2, 0.25) is 5.91 Å². The molecule has 8 heteroatoms. The molecule has 0 saturated carbocycles. The van der Waals surface area contributed by atoms with Crippen molar-refractivity contribution in [3.8, 4) is 0 Å². The van der Waals surface area contributed by atoms with E-state index in [0.29, 0.717) is 35.8 Å². The summed E-state index contributed by atoms with van der Waals surface area (Å²) >= 11 is 0. The maximum Gasteiger partial charge on any atom is 0.253 e. The van der Waals surface area contributed by atoms with Crippen LogP contribution in [0.15, 0.2) is 71.6 Å². The Hall–Kier alpha value is -3.52. The van der Waals surface area contributed by atoms with Gasteiger partial charge in [-0.2, -0.15) is 0 Å². The van der Waals surface area contributed by atoms with E-state index in [1.807, 2.05) is 24.3 Å². The van der Waals surface area contributed by atoms with Crippen LogP contribution in [0, 0.1) is 12.7 Å². The Bertz CT molecular complexity index is 1380. The van der Waals surface area contributed by atoms with Gasteiger partial charge in [0.05, 0.1) is 17.1 Å². The third kappa shape index (κ3) is 6.43. The molecule has 3 aromatic rings. The fraction of sp³-hybridized carbons (Fsp3) is 0.310. The minimum absolute atomic E-state index is 0.0364. The van der Waals surface area contributed by atoms with Gasteiger partial charge >= 0.3 is 0 Å². The zero-order valence-corrected chi connectivity index (χ0v) is 21.9. The zero-order valence-electron chi connectivity index (χ0n) is 21.0. The molecule has 0 aromatic heterocycles. The van der Waals surface area contributed by atoms with Crippen molar-refractivity contribution < 1.29 is 22.4 Å². The van der Waals surface area contributed by atoms with Crippen LogP contribution in [0.4, 0.5) is 10.1 Å². The van der Waals surface area contributed by atoms with Gasteiger partial charge in [-0.05, 0) is 78.8 Å².